The highest BCUT2D eigenvalue weighted by Gasteiger charge is 2.25. The lowest BCUT2D eigenvalue weighted by Gasteiger charge is -2.25. The van der Waals surface area contributed by atoms with Crippen molar-refractivity contribution in [3.8, 4) is 0 Å². The molecule has 1 nitrogen and oxygen atoms in total. The van der Waals surface area contributed by atoms with E-state index >= 15 is 0 Å². The van der Waals surface area contributed by atoms with E-state index in [9.17, 15) is 4.55 Å². The molecule has 2 heteroatoms. The van der Waals surface area contributed by atoms with Crippen LogP contribution in [0.2, 0.25) is 0 Å². The fourth-order valence-electron chi connectivity index (χ4n) is 1.54. The van der Waals surface area contributed by atoms with Crippen LogP contribution in [0.15, 0.2) is 0 Å². The van der Waals surface area contributed by atoms with E-state index in [1.807, 2.05) is 0 Å². The minimum atomic E-state index is -0.664. The van der Waals surface area contributed by atoms with Crippen molar-refractivity contribution >= 4 is 11.2 Å². The molecule has 0 saturated heterocycles. The molecule has 62 valence electrons. The average molecular weight is 162 g/mol. The molecule has 0 unspecified atom stereocenters. The monoisotopic (exact) mass is 162 g/mol. The van der Waals surface area contributed by atoms with Gasteiger partial charge in [-0.05, 0) is 0 Å². The highest BCUT2D eigenvalue weighted by atomic mass is 32.2. The first kappa shape index (κ1) is 10.3. The predicted molar refractivity (Wildman–Crippen MR) is 47.5 cm³/mol. The Bertz CT molecular complexity index is 70.2. The van der Waals surface area contributed by atoms with E-state index in [1.165, 1.54) is 0 Å². The largest absolute Gasteiger partial charge is 0.616 e. The number of hydrogen-bond acceptors (Lipinski definition) is 1. The summed E-state index contributed by atoms with van der Waals surface area (Å²) in [7, 11) is 0. The van der Waals surface area contributed by atoms with Gasteiger partial charge in [-0.3, -0.25) is 0 Å². The molecule has 0 saturated carbocycles. The molecule has 0 aromatic rings. The second-order valence-electron chi connectivity index (χ2n) is 3.45. The van der Waals surface area contributed by atoms with E-state index in [0.717, 1.165) is 0 Å². The Balaban J connectivity index is 3.98. The van der Waals surface area contributed by atoms with Gasteiger partial charge in [0, 0.05) is 11.8 Å². The third-order valence-electron chi connectivity index (χ3n) is 1.70. The zero-order chi connectivity index (χ0) is 8.31. The Kier molecular flexibility index (Phi) is 4.37. The van der Waals surface area contributed by atoms with E-state index in [2.05, 4.69) is 27.7 Å². The van der Waals surface area contributed by atoms with Crippen LogP contribution in [0.1, 0.15) is 27.7 Å². The summed E-state index contributed by atoms with van der Waals surface area (Å²) < 4.78 is 11.1. The molecule has 0 fully saturated rings. The van der Waals surface area contributed by atoms with E-state index in [0.29, 0.717) is 17.1 Å². The van der Waals surface area contributed by atoms with Crippen molar-refractivity contribution in [2.75, 3.05) is 6.26 Å². The molecule has 0 N–H and O–H groups in total. The Morgan fingerprint density at radius 3 is 1.30 bits per heavy atom. The molecule has 0 radical (unpaired) electrons. The van der Waals surface area contributed by atoms with Crippen molar-refractivity contribution in [2.24, 2.45) is 11.8 Å². The molecule has 0 aromatic heterocycles. The second kappa shape index (κ2) is 4.24. The van der Waals surface area contributed by atoms with Gasteiger partial charge >= 0.3 is 0 Å². The molecule has 0 rings (SSSR count). The van der Waals surface area contributed by atoms with Crippen LogP contribution in [-0.4, -0.2) is 16.1 Å². The predicted octanol–water partition coefficient (Wildman–Crippen LogP) is 2.05. The summed E-state index contributed by atoms with van der Waals surface area (Å²) in [5.41, 5.74) is 0. The van der Waals surface area contributed by atoms with Crippen LogP contribution in [0.3, 0.4) is 0 Å². The third kappa shape index (κ3) is 2.93. The summed E-state index contributed by atoms with van der Waals surface area (Å²) in [6.45, 7) is 8.52. The first-order valence-corrected chi connectivity index (χ1v) is 5.41. The zero-order valence-electron chi connectivity index (χ0n) is 7.55. The van der Waals surface area contributed by atoms with Crippen molar-refractivity contribution < 1.29 is 4.55 Å². The Morgan fingerprint density at radius 1 is 1.00 bits per heavy atom. The fourth-order valence-corrected chi connectivity index (χ4v) is 3.07. The molecule has 0 bridgehead atoms. The van der Waals surface area contributed by atoms with Crippen LogP contribution in [0.4, 0.5) is 0 Å². The van der Waals surface area contributed by atoms with Crippen LogP contribution in [0, 0.1) is 11.8 Å². The fraction of sp³-hybridized carbons (Fsp3) is 1.00. The third-order valence-corrected chi connectivity index (χ3v) is 3.55. The molecule has 0 spiro atoms. The van der Waals surface area contributed by atoms with Crippen LogP contribution in [0.25, 0.3) is 0 Å². The average Bonchev–Trinajstić information content (AvgIpc) is 1.59. The van der Waals surface area contributed by atoms with Crippen LogP contribution in [0.5, 0.6) is 0 Å². The van der Waals surface area contributed by atoms with Gasteiger partial charge < -0.3 is 4.55 Å². The van der Waals surface area contributed by atoms with E-state index in [4.69, 9.17) is 0 Å². The smallest absolute Gasteiger partial charge is 0.119 e. The van der Waals surface area contributed by atoms with E-state index in [1.54, 1.807) is 6.26 Å². The highest BCUT2D eigenvalue weighted by Crippen LogP contribution is 2.19. The summed E-state index contributed by atoms with van der Waals surface area (Å²) in [4.78, 5) is 0. The summed E-state index contributed by atoms with van der Waals surface area (Å²) in [5, 5.41) is 0.361. The van der Waals surface area contributed by atoms with Gasteiger partial charge in [0.15, 0.2) is 0 Å². The summed E-state index contributed by atoms with van der Waals surface area (Å²) >= 11 is -0.664. The molecule has 0 amide bonds. The SMILES string of the molecule is CC(C)C(C(C)C)[S@+](C)[O-]. The van der Waals surface area contributed by atoms with Crippen molar-refractivity contribution in [1.29, 1.82) is 0 Å². The van der Waals surface area contributed by atoms with Crippen molar-refractivity contribution in [3.05, 3.63) is 0 Å². The molecule has 0 aliphatic heterocycles. The van der Waals surface area contributed by atoms with E-state index in [-0.39, 0.29) is 0 Å². The summed E-state index contributed by atoms with van der Waals surface area (Å²) in [6, 6.07) is 0. The standard InChI is InChI=1S/C8H18OS/c1-6(2)8(7(3)4)10(5)9/h6-8H,1-5H3/t10-/m0/s1. The summed E-state index contributed by atoms with van der Waals surface area (Å²) in [5.74, 6) is 1.07. The van der Waals surface area contributed by atoms with Crippen LogP contribution in [-0.2, 0) is 11.2 Å². The number of hydrogen-bond donors (Lipinski definition) is 0. The first-order valence-electron chi connectivity index (χ1n) is 3.79. The maximum absolute atomic E-state index is 11.1. The molecule has 10 heavy (non-hydrogen) atoms. The Morgan fingerprint density at radius 2 is 1.30 bits per heavy atom. The highest BCUT2D eigenvalue weighted by molar-refractivity contribution is 7.91. The van der Waals surface area contributed by atoms with Gasteiger partial charge in [-0.1, -0.05) is 38.9 Å². The van der Waals surface area contributed by atoms with Gasteiger partial charge in [-0.25, -0.2) is 0 Å². The van der Waals surface area contributed by atoms with Crippen molar-refractivity contribution in [2.45, 2.75) is 32.9 Å². The minimum Gasteiger partial charge on any atom is -0.616 e. The molecule has 0 aliphatic carbocycles. The molecule has 0 aliphatic rings. The van der Waals surface area contributed by atoms with Crippen LogP contribution >= 0.6 is 0 Å². The molecule has 0 aromatic carbocycles. The van der Waals surface area contributed by atoms with Gasteiger partial charge in [0.05, 0.1) is 6.26 Å². The van der Waals surface area contributed by atoms with Gasteiger partial charge in [0.2, 0.25) is 0 Å². The first-order chi connectivity index (χ1) is 4.46. The van der Waals surface area contributed by atoms with Gasteiger partial charge in [-0.15, -0.1) is 0 Å². The van der Waals surface area contributed by atoms with E-state index < -0.39 is 11.2 Å². The maximum Gasteiger partial charge on any atom is 0.119 e. The van der Waals surface area contributed by atoms with Crippen molar-refractivity contribution in [1.82, 2.24) is 0 Å². The zero-order valence-corrected chi connectivity index (χ0v) is 8.37. The van der Waals surface area contributed by atoms with Gasteiger partial charge in [-0.2, -0.15) is 0 Å². The summed E-state index contributed by atoms with van der Waals surface area (Å²) in [6.07, 6.45) is 1.80. The molecular weight excluding hydrogens is 144 g/mol. The lowest BCUT2D eigenvalue weighted by molar-refractivity contribution is 0.453. The van der Waals surface area contributed by atoms with Gasteiger partial charge in [0.1, 0.15) is 5.25 Å². The maximum atomic E-state index is 11.1. The quantitative estimate of drug-likeness (QED) is 0.582. The van der Waals surface area contributed by atoms with Crippen LogP contribution < -0.4 is 0 Å². The molecule has 0 heterocycles. The molecule has 1 atom stereocenters. The minimum absolute atomic E-state index is 0.361. The van der Waals surface area contributed by atoms with Crippen molar-refractivity contribution in [3.63, 3.8) is 0 Å². The lowest BCUT2D eigenvalue weighted by atomic mass is 10.0. The molecular formula is C8H18OS. The Labute approximate surface area is 67.4 Å². The lowest BCUT2D eigenvalue weighted by Crippen LogP contribution is -2.30. The normalized spacial score (nSPS) is 15.3. The number of rotatable bonds is 3. The van der Waals surface area contributed by atoms with Gasteiger partial charge in [0.25, 0.3) is 0 Å². The second-order valence-corrected chi connectivity index (χ2v) is 4.99. The Hall–Kier alpha value is 0.310. The topological polar surface area (TPSA) is 23.1 Å².